The van der Waals surface area contributed by atoms with Gasteiger partial charge < -0.3 is 13.6 Å². The summed E-state index contributed by atoms with van der Waals surface area (Å²) < 4.78 is 19.3. The first-order valence-corrected chi connectivity index (χ1v) is 19.3. The molecule has 35 heavy (non-hydrogen) atoms. The van der Waals surface area contributed by atoms with Gasteiger partial charge in [0, 0.05) is 22.2 Å². The van der Waals surface area contributed by atoms with Crippen molar-refractivity contribution >= 4 is 33.8 Å². The molecule has 0 aliphatic heterocycles. The molecule has 0 fully saturated rings. The standard InChI is InChI=1S/C28H46O4SSi2/c1-12-26(29)23-16-25(33-20-23)19-30-24-14-13-21(17-31-34(8,9)27(2,3)4)22(15-24)18-32-35(10,11)28(5,6)7/h13-16,20H,12,17-19H2,1-11H3. The SMILES string of the molecule is CCC(=O)c1csc(COc2ccc(CO[Si](C)(C)C(C)(C)C)c(CO[Si](C)(C)C(C)(C)C)c2)c1. The second-order valence-corrected chi connectivity index (χ2v) is 23.0. The number of benzene rings is 1. The third-order valence-electron chi connectivity index (χ3n) is 7.65. The molecular formula is C28H46O4SSi2. The molecule has 2 aromatic rings. The maximum atomic E-state index is 11.9. The fourth-order valence-electron chi connectivity index (χ4n) is 2.88. The summed E-state index contributed by atoms with van der Waals surface area (Å²) in [5.41, 5.74) is 3.06. The Kier molecular flexibility index (Phi) is 9.78. The second kappa shape index (κ2) is 11.4. The Hall–Kier alpha value is -1.26. The average molecular weight is 535 g/mol. The van der Waals surface area contributed by atoms with Crippen molar-refractivity contribution < 1.29 is 18.4 Å². The zero-order chi connectivity index (χ0) is 26.7. The molecule has 0 N–H and O–H groups in total. The fourth-order valence-corrected chi connectivity index (χ4v) is 5.58. The summed E-state index contributed by atoms with van der Waals surface area (Å²) in [5.74, 6) is 0.982. The van der Waals surface area contributed by atoms with Gasteiger partial charge in [-0.2, -0.15) is 0 Å². The van der Waals surface area contributed by atoms with Crippen molar-refractivity contribution in [2.24, 2.45) is 0 Å². The summed E-state index contributed by atoms with van der Waals surface area (Å²) >= 11 is 1.57. The monoisotopic (exact) mass is 534 g/mol. The van der Waals surface area contributed by atoms with Crippen molar-refractivity contribution in [3.63, 3.8) is 0 Å². The van der Waals surface area contributed by atoms with Crippen molar-refractivity contribution in [1.82, 2.24) is 0 Å². The normalized spacial score (nSPS) is 13.2. The lowest BCUT2D eigenvalue weighted by Crippen LogP contribution is -2.41. The molecule has 1 aromatic carbocycles. The Morgan fingerprint density at radius 1 is 0.829 bits per heavy atom. The highest BCUT2D eigenvalue weighted by atomic mass is 32.1. The molecule has 2 rings (SSSR count). The van der Waals surface area contributed by atoms with Gasteiger partial charge in [0.2, 0.25) is 0 Å². The number of rotatable bonds is 11. The van der Waals surface area contributed by atoms with Gasteiger partial charge in [-0.15, -0.1) is 11.3 Å². The number of ketones is 1. The van der Waals surface area contributed by atoms with Gasteiger partial charge in [-0.1, -0.05) is 54.5 Å². The molecule has 0 radical (unpaired) electrons. The third-order valence-corrected chi connectivity index (χ3v) is 17.5. The van der Waals surface area contributed by atoms with E-state index in [4.69, 9.17) is 13.6 Å². The minimum absolute atomic E-state index is 0.145. The molecule has 0 spiro atoms. The number of hydrogen-bond donors (Lipinski definition) is 0. The number of Topliss-reactive ketones (excluding diaryl/α,β-unsaturated/α-hetero) is 1. The van der Waals surface area contributed by atoms with Crippen molar-refractivity contribution in [3.05, 3.63) is 51.2 Å². The van der Waals surface area contributed by atoms with Crippen LogP contribution in [0.5, 0.6) is 5.75 Å². The van der Waals surface area contributed by atoms with Crippen molar-refractivity contribution in [2.45, 2.75) is 111 Å². The molecule has 4 nitrogen and oxygen atoms in total. The van der Waals surface area contributed by atoms with Gasteiger partial charge in [0.15, 0.2) is 22.4 Å². The zero-order valence-corrected chi connectivity index (χ0v) is 26.6. The van der Waals surface area contributed by atoms with Crippen LogP contribution in [0.2, 0.25) is 36.3 Å². The molecule has 0 bridgehead atoms. The smallest absolute Gasteiger partial charge is 0.192 e. The highest BCUT2D eigenvalue weighted by Crippen LogP contribution is 2.39. The first kappa shape index (κ1) is 30.0. The Morgan fingerprint density at radius 3 is 1.89 bits per heavy atom. The topological polar surface area (TPSA) is 44.8 Å². The largest absolute Gasteiger partial charge is 0.488 e. The number of ether oxygens (including phenoxy) is 1. The van der Waals surface area contributed by atoms with Crippen LogP contribution in [0.15, 0.2) is 29.6 Å². The van der Waals surface area contributed by atoms with E-state index in [1.54, 1.807) is 11.3 Å². The number of carbonyl (C=O) groups is 1. The van der Waals surface area contributed by atoms with E-state index in [0.717, 1.165) is 27.3 Å². The molecule has 1 heterocycles. The zero-order valence-electron chi connectivity index (χ0n) is 23.8. The minimum atomic E-state index is -1.90. The van der Waals surface area contributed by atoms with Gasteiger partial charge in [-0.05, 0) is 65.6 Å². The van der Waals surface area contributed by atoms with Gasteiger partial charge >= 0.3 is 0 Å². The third kappa shape index (κ3) is 8.12. The Labute approximate surface area is 219 Å². The van der Waals surface area contributed by atoms with Crippen LogP contribution in [0.3, 0.4) is 0 Å². The van der Waals surface area contributed by atoms with E-state index in [9.17, 15) is 4.79 Å². The van der Waals surface area contributed by atoms with E-state index >= 15 is 0 Å². The van der Waals surface area contributed by atoms with Crippen LogP contribution < -0.4 is 4.74 Å². The second-order valence-electron chi connectivity index (χ2n) is 12.4. The quantitative estimate of drug-likeness (QED) is 0.213. The molecule has 0 aliphatic carbocycles. The van der Waals surface area contributed by atoms with Crippen molar-refractivity contribution in [3.8, 4) is 5.75 Å². The van der Waals surface area contributed by atoms with Gasteiger partial charge in [-0.3, -0.25) is 4.79 Å². The Bertz CT molecular complexity index is 997. The molecule has 0 saturated heterocycles. The number of thiophene rings is 1. The van der Waals surface area contributed by atoms with E-state index in [-0.39, 0.29) is 15.9 Å². The predicted molar refractivity (Wildman–Crippen MR) is 154 cm³/mol. The highest BCUT2D eigenvalue weighted by molar-refractivity contribution is 7.10. The molecule has 196 valence electrons. The number of carbonyl (C=O) groups excluding carboxylic acids is 1. The van der Waals surface area contributed by atoms with Crippen LogP contribution >= 0.6 is 11.3 Å². The summed E-state index contributed by atoms with van der Waals surface area (Å²) in [7, 11) is -3.78. The Morgan fingerprint density at radius 2 is 1.37 bits per heavy atom. The first-order chi connectivity index (χ1) is 16.0. The van der Waals surface area contributed by atoms with Gasteiger partial charge in [0.1, 0.15) is 12.4 Å². The molecule has 7 heteroatoms. The summed E-state index contributed by atoms with van der Waals surface area (Å²) in [6, 6.07) is 8.18. The lowest BCUT2D eigenvalue weighted by molar-refractivity contribution is 0.0988. The predicted octanol–water partition coefficient (Wildman–Crippen LogP) is 8.96. The molecule has 1 aromatic heterocycles. The van der Waals surface area contributed by atoms with Gasteiger partial charge in [0.05, 0.1) is 13.2 Å². The Balaban J connectivity index is 2.22. The van der Waals surface area contributed by atoms with Gasteiger partial charge in [0.25, 0.3) is 0 Å². The average Bonchev–Trinajstić information content (AvgIpc) is 3.22. The molecule has 0 amide bonds. The van der Waals surface area contributed by atoms with Crippen molar-refractivity contribution in [1.29, 1.82) is 0 Å². The summed E-state index contributed by atoms with van der Waals surface area (Å²) in [4.78, 5) is 13.0. The highest BCUT2D eigenvalue weighted by Gasteiger charge is 2.38. The van der Waals surface area contributed by atoms with E-state index in [2.05, 4.69) is 79.9 Å². The van der Waals surface area contributed by atoms with Gasteiger partial charge in [-0.25, -0.2) is 0 Å². The van der Waals surface area contributed by atoms with Crippen LogP contribution in [-0.2, 0) is 28.7 Å². The van der Waals surface area contributed by atoms with Crippen LogP contribution in [0, 0.1) is 0 Å². The maximum absolute atomic E-state index is 11.9. The van der Waals surface area contributed by atoms with E-state index in [1.165, 1.54) is 0 Å². The first-order valence-electron chi connectivity index (χ1n) is 12.6. The van der Waals surface area contributed by atoms with Crippen LogP contribution in [-0.4, -0.2) is 22.4 Å². The lowest BCUT2D eigenvalue weighted by atomic mass is 10.1. The van der Waals surface area contributed by atoms with Crippen LogP contribution in [0.1, 0.15) is 81.2 Å². The summed E-state index contributed by atoms with van der Waals surface area (Å²) in [6.07, 6.45) is 0.521. The minimum Gasteiger partial charge on any atom is -0.488 e. The molecule has 0 saturated carbocycles. The molecule has 0 unspecified atom stereocenters. The van der Waals surface area contributed by atoms with E-state index < -0.39 is 16.6 Å². The van der Waals surface area contributed by atoms with E-state index in [1.807, 2.05) is 24.4 Å². The number of hydrogen-bond acceptors (Lipinski definition) is 5. The molecular weight excluding hydrogens is 489 g/mol. The summed E-state index contributed by atoms with van der Waals surface area (Å²) in [6.45, 7) is 26.2. The van der Waals surface area contributed by atoms with E-state index in [0.29, 0.717) is 26.2 Å². The van der Waals surface area contributed by atoms with Crippen LogP contribution in [0.4, 0.5) is 0 Å². The molecule has 0 aliphatic rings. The maximum Gasteiger partial charge on any atom is 0.192 e. The van der Waals surface area contributed by atoms with Crippen molar-refractivity contribution in [2.75, 3.05) is 0 Å². The lowest BCUT2D eigenvalue weighted by Gasteiger charge is -2.37. The summed E-state index contributed by atoms with van der Waals surface area (Å²) in [5, 5.41) is 2.22. The fraction of sp³-hybridized carbons (Fsp3) is 0.607. The molecule has 0 atom stereocenters. The van der Waals surface area contributed by atoms with Crippen LogP contribution in [0.25, 0.3) is 0 Å².